The van der Waals surface area contributed by atoms with Crippen LogP contribution in [0.15, 0.2) is 83.8 Å². The minimum Gasteiger partial charge on any atom is -0.379 e. The van der Waals surface area contributed by atoms with Gasteiger partial charge in [-0.05, 0) is 42.3 Å². The fourth-order valence-electron chi connectivity index (χ4n) is 4.18. The Morgan fingerprint density at radius 3 is 2.51 bits per heavy atom. The Morgan fingerprint density at radius 1 is 1.00 bits per heavy atom. The van der Waals surface area contributed by atoms with Gasteiger partial charge in [-0.2, -0.15) is 4.31 Å². The highest BCUT2D eigenvalue weighted by atomic mass is 32.2. The first-order valence-electron chi connectivity index (χ1n) is 11.5. The van der Waals surface area contributed by atoms with Crippen LogP contribution in [0.25, 0.3) is 11.0 Å². The van der Waals surface area contributed by atoms with Crippen LogP contribution in [0.1, 0.15) is 27.8 Å². The van der Waals surface area contributed by atoms with E-state index in [9.17, 15) is 13.2 Å². The molecule has 2 N–H and O–H groups in total. The number of nitrogens with zero attached hydrogens (tertiary/aromatic N) is 2. The summed E-state index contributed by atoms with van der Waals surface area (Å²) in [6.07, 6.45) is 0.526. The molecule has 8 nitrogen and oxygen atoms in total. The number of H-pyrrole nitrogens is 1. The van der Waals surface area contributed by atoms with Crippen LogP contribution < -0.4 is 5.32 Å². The van der Waals surface area contributed by atoms with Crippen LogP contribution in [0.5, 0.6) is 0 Å². The van der Waals surface area contributed by atoms with Gasteiger partial charge in [0.25, 0.3) is 5.91 Å². The van der Waals surface area contributed by atoms with Crippen molar-refractivity contribution in [1.82, 2.24) is 19.6 Å². The van der Waals surface area contributed by atoms with Gasteiger partial charge in [-0.1, -0.05) is 48.5 Å². The fraction of sp³-hybridized carbons (Fsp3) is 0.231. The van der Waals surface area contributed by atoms with Crippen molar-refractivity contribution < 1.29 is 17.9 Å². The molecule has 0 radical (unpaired) electrons. The largest absolute Gasteiger partial charge is 0.379 e. The summed E-state index contributed by atoms with van der Waals surface area (Å²) in [5.74, 6) is 0.269. The molecule has 1 amide bonds. The molecule has 1 aliphatic rings. The molecule has 0 spiro atoms. The number of benzene rings is 3. The zero-order chi connectivity index (χ0) is 24.3. The number of carbonyl (C=O) groups excluding carboxylic acids is 1. The molecule has 0 saturated carbocycles. The monoisotopic (exact) mass is 490 g/mol. The van der Waals surface area contributed by atoms with Gasteiger partial charge in [0.1, 0.15) is 5.82 Å². The number of para-hydroxylation sites is 2. The number of morpholine rings is 1. The number of carbonyl (C=O) groups is 1. The van der Waals surface area contributed by atoms with Gasteiger partial charge in [-0.3, -0.25) is 4.79 Å². The molecule has 35 heavy (non-hydrogen) atoms. The number of ether oxygens (including phenoxy) is 1. The Bertz CT molecular complexity index is 1400. The van der Waals surface area contributed by atoms with Crippen molar-refractivity contribution in [2.45, 2.75) is 17.4 Å². The van der Waals surface area contributed by atoms with E-state index in [-0.39, 0.29) is 16.4 Å². The Balaban J connectivity index is 1.42. The van der Waals surface area contributed by atoms with Crippen LogP contribution in [0, 0.1) is 0 Å². The Morgan fingerprint density at radius 2 is 1.74 bits per heavy atom. The Labute approximate surface area is 204 Å². The van der Waals surface area contributed by atoms with Gasteiger partial charge in [0.05, 0.1) is 35.2 Å². The average Bonchev–Trinajstić information content (AvgIpc) is 3.34. The number of aromatic nitrogens is 2. The standard InChI is InChI=1S/C26H26N4O4S/c31-26(20-9-6-10-21(18-20)35(32,33)30-13-15-34-16-14-30)29-24(17-19-7-2-1-3-8-19)25-27-22-11-4-5-12-23(22)28-25/h1-12,18,24H,13-17H2,(H,27,28)(H,29,31). The number of sulfonamides is 1. The van der Waals surface area contributed by atoms with Crippen molar-refractivity contribution >= 4 is 27.0 Å². The number of amides is 1. The summed E-state index contributed by atoms with van der Waals surface area (Å²) < 4.78 is 32.8. The van der Waals surface area contributed by atoms with Gasteiger partial charge in [-0.25, -0.2) is 13.4 Å². The van der Waals surface area contributed by atoms with Crippen LogP contribution in [0.4, 0.5) is 0 Å². The lowest BCUT2D eigenvalue weighted by molar-refractivity contribution is 0.0730. The summed E-state index contributed by atoms with van der Waals surface area (Å²) in [6, 6.07) is 23.3. The maximum Gasteiger partial charge on any atom is 0.251 e. The summed E-state index contributed by atoms with van der Waals surface area (Å²) in [5, 5.41) is 3.06. The lowest BCUT2D eigenvalue weighted by Crippen LogP contribution is -2.40. The van der Waals surface area contributed by atoms with Crippen molar-refractivity contribution in [3.05, 3.63) is 95.8 Å². The van der Waals surface area contributed by atoms with E-state index in [1.807, 2.05) is 54.6 Å². The van der Waals surface area contributed by atoms with Crippen molar-refractivity contribution in [3.63, 3.8) is 0 Å². The molecule has 1 unspecified atom stereocenters. The van der Waals surface area contributed by atoms with Gasteiger partial charge in [0.2, 0.25) is 10.0 Å². The van der Waals surface area contributed by atoms with Crippen molar-refractivity contribution in [3.8, 4) is 0 Å². The summed E-state index contributed by atoms with van der Waals surface area (Å²) in [4.78, 5) is 21.4. The van der Waals surface area contributed by atoms with E-state index in [0.717, 1.165) is 16.6 Å². The van der Waals surface area contributed by atoms with E-state index in [1.54, 1.807) is 12.1 Å². The normalized spacial score (nSPS) is 15.7. The van der Waals surface area contributed by atoms with Gasteiger partial charge >= 0.3 is 0 Å². The molecule has 1 atom stereocenters. The van der Waals surface area contributed by atoms with Crippen molar-refractivity contribution in [1.29, 1.82) is 0 Å². The highest BCUT2D eigenvalue weighted by Crippen LogP contribution is 2.22. The molecule has 5 rings (SSSR count). The zero-order valence-electron chi connectivity index (χ0n) is 19.1. The molecular weight excluding hydrogens is 464 g/mol. The molecule has 1 fully saturated rings. The van der Waals surface area contributed by atoms with Crippen LogP contribution in [0.3, 0.4) is 0 Å². The van der Waals surface area contributed by atoms with Gasteiger partial charge < -0.3 is 15.0 Å². The first-order chi connectivity index (χ1) is 17.0. The molecule has 2 heterocycles. The molecule has 0 aliphatic carbocycles. The van der Waals surface area contributed by atoms with Crippen molar-refractivity contribution in [2.75, 3.05) is 26.3 Å². The van der Waals surface area contributed by atoms with E-state index in [1.165, 1.54) is 16.4 Å². The summed E-state index contributed by atoms with van der Waals surface area (Å²) >= 11 is 0. The highest BCUT2D eigenvalue weighted by molar-refractivity contribution is 7.89. The van der Waals surface area contributed by atoms with Crippen LogP contribution in [-0.4, -0.2) is 54.9 Å². The summed E-state index contributed by atoms with van der Waals surface area (Å²) in [5.41, 5.74) is 3.01. The summed E-state index contributed by atoms with van der Waals surface area (Å²) in [7, 11) is -3.71. The van der Waals surface area contributed by atoms with Gasteiger partial charge in [-0.15, -0.1) is 0 Å². The number of nitrogens with one attached hydrogen (secondary N) is 2. The van der Waals surface area contributed by atoms with E-state index >= 15 is 0 Å². The molecular formula is C26H26N4O4S. The third-order valence-corrected chi connectivity index (χ3v) is 7.92. The van der Waals surface area contributed by atoms with E-state index < -0.39 is 16.1 Å². The first-order valence-corrected chi connectivity index (χ1v) is 12.9. The number of imidazole rings is 1. The Hall–Kier alpha value is -3.53. The van der Waals surface area contributed by atoms with E-state index in [2.05, 4.69) is 15.3 Å². The lowest BCUT2D eigenvalue weighted by Gasteiger charge is -2.26. The smallest absolute Gasteiger partial charge is 0.251 e. The highest BCUT2D eigenvalue weighted by Gasteiger charge is 2.27. The SMILES string of the molecule is O=C(NC(Cc1ccccc1)c1nc2ccccc2[nH]1)c1cccc(S(=O)(=O)N2CCOCC2)c1. The van der Waals surface area contributed by atoms with E-state index in [4.69, 9.17) is 4.74 Å². The Kier molecular flexibility index (Phi) is 6.63. The van der Waals surface area contributed by atoms with Crippen molar-refractivity contribution in [2.24, 2.45) is 0 Å². The van der Waals surface area contributed by atoms with Crippen LogP contribution in [0.2, 0.25) is 0 Å². The number of hydrogen-bond acceptors (Lipinski definition) is 5. The minimum absolute atomic E-state index is 0.0930. The third-order valence-electron chi connectivity index (χ3n) is 6.03. The van der Waals surface area contributed by atoms with Crippen LogP contribution in [-0.2, 0) is 21.2 Å². The fourth-order valence-corrected chi connectivity index (χ4v) is 5.63. The van der Waals surface area contributed by atoms with Crippen LogP contribution >= 0.6 is 0 Å². The third kappa shape index (κ3) is 5.12. The predicted octanol–water partition coefficient (Wildman–Crippen LogP) is 3.30. The van der Waals surface area contributed by atoms with E-state index in [0.29, 0.717) is 38.5 Å². The number of hydrogen-bond donors (Lipinski definition) is 2. The lowest BCUT2D eigenvalue weighted by atomic mass is 10.0. The second-order valence-corrected chi connectivity index (χ2v) is 10.3. The molecule has 1 aliphatic heterocycles. The predicted molar refractivity (Wildman–Crippen MR) is 132 cm³/mol. The maximum atomic E-state index is 13.3. The molecule has 180 valence electrons. The average molecular weight is 491 g/mol. The number of aromatic amines is 1. The molecule has 0 bridgehead atoms. The molecule has 4 aromatic rings. The second kappa shape index (κ2) is 9.99. The summed E-state index contributed by atoms with van der Waals surface area (Å²) in [6.45, 7) is 1.31. The second-order valence-electron chi connectivity index (χ2n) is 8.40. The van der Waals surface area contributed by atoms with Gasteiger partial charge in [0.15, 0.2) is 0 Å². The minimum atomic E-state index is -3.71. The maximum absolute atomic E-state index is 13.3. The quantitative estimate of drug-likeness (QED) is 0.414. The molecule has 9 heteroatoms. The first kappa shape index (κ1) is 23.2. The topological polar surface area (TPSA) is 104 Å². The number of fused-ring (bicyclic) bond motifs is 1. The van der Waals surface area contributed by atoms with Gasteiger partial charge in [0, 0.05) is 18.7 Å². The zero-order valence-corrected chi connectivity index (χ0v) is 19.9. The number of rotatable bonds is 7. The molecule has 1 aromatic heterocycles. The molecule has 1 saturated heterocycles. The molecule has 3 aromatic carbocycles.